The standard InChI is InChI=1S/C10H5FN2/c11-9-4-7-2-1-3-8(5-12)10(7)13-6-9/h1-4,6H. The van der Waals surface area contributed by atoms with Gasteiger partial charge in [-0.1, -0.05) is 12.1 Å². The minimum absolute atomic E-state index is 0.386. The zero-order chi connectivity index (χ0) is 9.26. The molecule has 0 aliphatic carbocycles. The molecule has 3 heteroatoms. The van der Waals surface area contributed by atoms with Gasteiger partial charge < -0.3 is 0 Å². The molecule has 2 nitrogen and oxygen atoms in total. The van der Waals surface area contributed by atoms with E-state index in [0.717, 1.165) is 6.20 Å². The Morgan fingerprint density at radius 1 is 1.38 bits per heavy atom. The highest BCUT2D eigenvalue weighted by Crippen LogP contribution is 2.15. The van der Waals surface area contributed by atoms with Crippen LogP contribution in [0.15, 0.2) is 30.5 Å². The quantitative estimate of drug-likeness (QED) is 0.611. The third-order valence-electron chi connectivity index (χ3n) is 1.80. The minimum Gasteiger partial charge on any atom is -0.252 e. The van der Waals surface area contributed by atoms with Crippen LogP contribution in [0.4, 0.5) is 4.39 Å². The summed E-state index contributed by atoms with van der Waals surface area (Å²) in [6, 6.07) is 8.47. The van der Waals surface area contributed by atoms with Gasteiger partial charge in [-0.05, 0) is 12.1 Å². The highest BCUT2D eigenvalue weighted by atomic mass is 19.1. The van der Waals surface area contributed by atoms with Crippen LogP contribution in [0, 0.1) is 17.1 Å². The molecule has 0 saturated carbocycles. The van der Waals surface area contributed by atoms with Crippen LogP contribution in [0.3, 0.4) is 0 Å². The zero-order valence-electron chi connectivity index (χ0n) is 6.66. The molecule has 62 valence electrons. The van der Waals surface area contributed by atoms with E-state index in [1.807, 2.05) is 6.07 Å². The molecule has 1 aromatic carbocycles. The smallest absolute Gasteiger partial charge is 0.142 e. The topological polar surface area (TPSA) is 36.7 Å². The summed E-state index contributed by atoms with van der Waals surface area (Å²) >= 11 is 0. The van der Waals surface area contributed by atoms with Crippen molar-refractivity contribution < 1.29 is 4.39 Å². The van der Waals surface area contributed by atoms with Crippen molar-refractivity contribution in [1.29, 1.82) is 5.26 Å². The van der Waals surface area contributed by atoms with Crippen molar-refractivity contribution in [2.75, 3.05) is 0 Å². The first-order valence-corrected chi connectivity index (χ1v) is 3.75. The fourth-order valence-electron chi connectivity index (χ4n) is 1.22. The predicted octanol–water partition coefficient (Wildman–Crippen LogP) is 2.25. The predicted molar refractivity (Wildman–Crippen MR) is 46.4 cm³/mol. The molecule has 2 aromatic rings. The molecule has 0 spiro atoms. The van der Waals surface area contributed by atoms with E-state index in [0.29, 0.717) is 16.5 Å². The van der Waals surface area contributed by atoms with Crippen molar-refractivity contribution in [3.63, 3.8) is 0 Å². The number of benzene rings is 1. The Hall–Kier alpha value is -1.95. The van der Waals surface area contributed by atoms with E-state index in [4.69, 9.17) is 5.26 Å². The van der Waals surface area contributed by atoms with Crippen molar-refractivity contribution in [3.05, 3.63) is 41.8 Å². The third-order valence-corrected chi connectivity index (χ3v) is 1.80. The lowest BCUT2D eigenvalue weighted by Crippen LogP contribution is -1.85. The Labute approximate surface area is 74.3 Å². The van der Waals surface area contributed by atoms with E-state index in [2.05, 4.69) is 4.98 Å². The molecule has 1 aromatic heterocycles. The second kappa shape index (κ2) is 2.83. The Morgan fingerprint density at radius 2 is 2.23 bits per heavy atom. The van der Waals surface area contributed by atoms with Gasteiger partial charge in [0.15, 0.2) is 0 Å². The molecule has 0 N–H and O–H groups in total. The fraction of sp³-hybridized carbons (Fsp3) is 0. The average Bonchev–Trinajstić information content (AvgIpc) is 2.16. The molecule has 0 bridgehead atoms. The molecule has 0 unspecified atom stereocenters. The van der Waals surface area contributed by atoms with Crippen LogP contribution in [0.2, 0.25) is 0 Å². The number of hydrogen-bond acceptors (Lipinski definition) is 2. The van der Waals surface area contributed by atoms with Gasteiger partial charge in [-0.2, -0.15) is 5.26 Å². The number of hydrogen-bond donors (Lipinski definition) is 0. The maximum absolute atomic E-state index is 12.7. The van der Waals surface area contributed by atoms with Crippen molar-refractivity contribution in [1.82, 2.24) is 4.98 Å². The number of fused-ring (bicyclic) bond motifs is 1. The number of nitriles is 1. The van der Waals surface area contributed by atoms with Crippen LogP contribution < -0.4 is 0 Å². The fourth-order valence-corrected chi connectivity index (χ4v) is 1.22. The number of pyridine rings is 1. The van der Waals surface area contributed by atoms with Gasteiger partial charge in [0.1, 0.15) is 11.9 Å². The lowest BCUT2D eigenvalue weighted by atomic mass is 10.1. The van der Waals surface area contributed by atoms with E-state index in [1.165, 1.54) is 6.07 Å². The number of nitrogens with zero attached hydrogens (tertiary/aromatic N) is 2. The molecule has 1 heterocycles. The molecule has 0 radical (unpaired) electrons. The van der Waals surface area contributed by atoms with E-state index in [-0.39, 0.29) is 5.82 Å². The summed E-state index contributed by atoms with van der Waals surface area (Å²) in [6.07, 6.45) is 1.11. The number of aromatic nitrogens is 1. The Balaban J connectivity index is 2.87. The van der Waals surface area contributed by atoms with Crippen LogP contribution >= 0.6 is 0 Å². The second-order valence-corrected chi connectivity index (χ2v) is 2.64. The lowest BCUT2D eigenvalue weighted by Gasteiger charge is -1.97. The number of para-hydroxylation sites is 1. The Kier molecular flexibility index (Phi) is 1.67. The van der Waals surface area contributed by atoms with Crippen LogP contribution in [0.5, 0.6) is 0 Å². The summed E-state index contributed by atoms with van der Waals surface area (Å²) in [5, 5.41) is 9.37. The minimum atomic E-state index is -0.386. The second-order valence-electron chi connectivity index (χ2n) is 2.64. The van der Waals surface area contributed by atoms with E-state index in [9.17, 15) is 4.39 Å². The Bertz CT molecular complexity index is 500. The summed E-state index contributed by atoms with van der Waals surface area (Å²) in [4.78, 5) is 3.85. The van der Waals surface area contributed by atoms with Gasteiger partial charge in [0.05, 0.1) is 17.3 Å². The lowest BCUT2D eigenvalue weighted by molar-refractivity contribution is 0.624. The van der Waals surface area contributed by atoms with E-state index < -0.39 is 0 Å². The highest BCUT2D eigenvalue weighted by Gasteiger charge is 2.01. The van der Waals surface area contributed by atoms with Crippen LogP contribution in [0.25, 0.3) is 10.9 Å². The van der Waals surface area contributed by atoms with E-state index in [1.54, 1.807) is 18.2 Å². The van der Waals surface area contributed by atoms with Gasteiger partial charge in [-0.3, -0.25) is 4.98 Å². The van der Waals surface area contributed by atoms with Gasteiger partial charge in [0.2, 0.25) is 0 Å². The van der Waals surface area contributed by atoms with Crippen LogP contribution in [-0.2, 0) is 0 Å². The zero-order valence-corrected chi connectivity index (χ0v) is 6.66. The molecule has 0 fully saturated rings. The van der Waals surface area contributed by atoms with Gasteiger partial charge in [0, 0.05) is 5.39 Å². The number of halogens is 1. The first kappa shape index (κ1) is 7.69. The van der Waals surface area contributed by atoms with Crippen LogP contribution in [-0.4, -0.2) is 4.98 Å². The summed E-state index contributed by atoms with van der Waals surface area (Å²) in [6.45, 7) is 0. The van der Waals surface area contributed by atoms with Gasteiger partial charge in [0.25, 0.3) is 0 Å². The molecule has 0 aliphatic rings. The first-order valence-electron chi connectivity index (χ1n) is 3.75. The van der Waals surface area contributed by atoms with Gasteiger partial charge in [-0.15, -0.1) is 0 Å². The van der Waals surface area contributed by atoms with Crippen molar-refractivity contribution in [2.24, 2.45) is 0 Å². The average molecular weight is 172 g/mol. The number of rotatable bonds is 0. The molecule has 0 saturated heterocycles. The van der Waals surface area contributed by atoms with Crippen molar-refractivity contribution in [2.45, 2.75) is 0 Å². The molecule has 2 rings (SSSR count). The van der Waals surface area contributed by atoms with Crippen molar-refractivity contribution >= 4 is 10.9 Å². The molecule has 13 heavy (non-hydrogen) atoms. The first-order chi connectivity index (χ1) is 6.31. The summed E-state index contributed by atoms with van der Waals surface area (Å²) in [7, 11) is 0. The maximum atomic E-state index is 12.7. The summed E-state index contributed by atoms with van der Waals surface area (Å²) < 4.78 is 12.7. The van der Waals surface area contributed by atoms with Crippen LogP contribution in [0.1, 0.15) is 5.56 Å². The van der Waals surface area contributed by atoms with Crippen molar-refractivity contribution in [3.8, 4) is 6.07 Å². The van der Waals surface area contributed by atoms with Gasteiger partial charge >= 0.3 is 0 Å². The maximum Gasteiger partial charge on any atom is 0.142 e. The summed E-state index contributed by atoms with van der Waals surface area (Å²) in [5.74, 6) is -0.386. The molecule has 0 aliphatic heterocycles. The normalized spacial score (nSPS) is 9.85. The Morgan fingerprint density at radius 3 is 3.00 bits per heavy atom. The highest BCUT2D eigenvalue weighted by molar-refractivity contribution is 5.83. The molecule has 0 amide bonds. The monoisotopic (exact) mass is 172 g/mol. The summed E-state index contributed by atoms with van der Waals surface area (Å²) in [5.41, 5.74) is 1.02. The molecule has 0 atom stereocenters. The third kappa shape index (κ3) is 1.23. The molecular weight excluding hydrogens is 167 g/mol. The molecular formula is C10H5FN2. The SMILES string of the molecule is N#Cc1cccc2cc(F)cnc12. The van der Waals surface area contributed by atoms with E-state index >= 15 is 0 Å². The van der Waals surface area contributed by atoms with Gasteiger partial charge in [-0.25, -0.2) is 4.39 Å². The largest absolute Gasteiger partial charge is 0.252 e.